The molecule has 1 fully saturated rings. The molecule has 0 unspecified atom stereocenters. The Labute approximate surface area is 66.3 Å². The SMILES string of the molecule is C1COCCN1.c1ccoc1. The van der Waals surface area contributed by atoms with Gasteiger partial charge in [0.25, 0.3) is 0 Å². The average Bonchev–Trinajstić information content (AvgIpc) is 2.64. The van der Waals surface area contributed by atoms with E-state index in [1.54, 1.807) is 12.5 Å². The normalized spacial score (nSPS) is 16.7. The number of nitrogens with one attached hydrogen (secondary N) is 1. The summed E-state index contributed by atoms with van der Waals surface area (Å²) < 4.78 is 9.59. The lowest BCUT2D eigenvalue weighted by Crippen LogP contribution is -2.30. The van der Waals surface area contributed by atoms with E-state index in [-0.39, 0.29) is 0 Å². The number of hydrogen-bond acceptors (Lipinski definition) is 3. The van der Waals surface area contributed by atoms with Gasteiger partial charge in [-0.1, -0.05) is 0 Å². The minimum Gasteiger partial charge on any atom is -0.473 e. The summed E-state index contributed by atoms with van der Waals surface area (Å²) >= 11 is 0. The lowest BCUT2D eigenvalue weighted by Gasteiger charge is -2.10. The van der Waals surface area contributed by atoms with E-state index in [0.717, 1.165) is 26.3 Å². The van der Waals surface area contributed by atoms with Crippen LogP contribution in [-0.4, -0.2) is 26.3 Å². The van der Waals surface area contributed by atoms with Gasteiger partial charge in [-0.3, -0.25) is 0 Å². The molecule has 1 aliphatic heterocycles. The van der Waals surface area contributed by atoms with Crippen molar-refractivity contribution in [2.24, 2.45) is 0 Å². The van der Waals surface area contributed by atoms with Gasteiger partial charge in [-0.2, -0.15) is 0 Å². The number of ether oxygens (including phenoxy) is 1. The van der Waals surface area contributed by atoms with Crippen LogP contribution in [0.15, 0.2) is 29.1 Å². The predicted molar refractivity (Wildman–Crippen MR) is 42.4 cm³/mol. The second-order valence-corrected chi connectivity index (χ2v) is 2.16. The van der Waals surface area contributed by atoms with Crippen LogP contribution < -0.4 is 5.32 Å². The van der Waals surface area contributed by atoms with E-state index in [0.29, 0.717) is 0 Å². The Kier molecular flexibility index (Phi) is 4.49. The van der Waals surface area contributed by atoms with Crippen molar-refractivity contribution in [3.63, 3.8) is 0 Å². The molecule has 1 N–H and O–H groups in total. The third kappa shape index (κ3) is 4.58. The second kappa shape index (κ2) is 5.95. The molecular formula is C8H13NO2. The third-order valence-corrected chi connectivity index (χ3v) is 1.27. The molecule has 0 spiro atoms. The monoisotopic (exact) mass is 155 g/mol. The number of hydrogen-bond donors (Lipinski definition) is 1. The fraction of sp³-hybridized carbons (Fsp3) is 0.500. The van der Waals surface area contributed by atoms with E-state index in [1.807, 2.05) is 12.1 Å². The lowest BCUT2D eigenvalue weighted by atomic mass is 10.5. The molecule has 1 saturated heterocycles. The highest BCUT2D eigenvalue weighted by molar-refractivity contribution is 4.79. The molecule has 2 heterocycles. The van der Waals surface area contributed by atoms with E-state index in [2.05, 4.69) is 9.73 Å². The Hall–Kier alpha value is -0.800. The standard InChI is InChI=1S/C4H9NO.C4H4O/c1-3-6-4-2-5-1;1-2-4-5-3-1/h5H,1-4H2;1-4H. The van der Waals surface area contributed by atoms with Gasteiger partial charge in [-0.05, 0) is 12.1 Å². The second-order valence-electron chi connectivity index (χ2n) is 2.16. The molecule has 3 heteroatoms. The summed E-state index contributed by atoms with van der Waals surface area (Å²) in [5.41, 5.74) is 0. The van der Waals surface area contributed by atoms with Crippen molar-refractivity contribution < 1.29 is 9.15 Å². The van der Waals surface area contributed by atoms with Crippen LogP contribution in [0.1, 0.15) is 0 Å². The van der Waals surface area contributed by atoms with Crippen molar-refractivity contribution in [2.75, 3.05) is 26.3 Å². The maximum atomic E-state index is 5.01. The number of morpholine rings is 1. The Bertz CT molecular complexity index is 118. The van der Waals surface area contributed by atoms with Gasteiger partial charge in [-0.25, -0.2) is 0 Å². The Balaban J connectivity index is 0.000000112. The highest BCUT2D eigenvalue weighted by Gasteiger charge is 1.92. The molecule has 0 amide bonds. The van der Waals surface area contributed by atoms with Gasteiger partial charge in [-0.15, -0.1) is 0 Å². The Morgan fingerprint density at radius 1 is 1.00 bits per heavy atom. The van der Waals surface area contributed by atoms with Crippen LogP contribution in [-0.2, 0) is 4.74 Å². The van der Waals surface area contributed by atoms with Crippen molar-refractivity contribution in [2.45, 2.75) is 0 Å². The molecule has 0 atom stereocenters. The molecule has 1 aromatic rings. The first-order chi connectivity index (χ1) is 5.50. The largest absolute Gasteiger partial charge is 0.473 e. The zero-order valence-corrected chi connectivity index (χ0v) is 6.45. The molecule has 11 heavy (non-hydrogen) atoms. The highest BCUT2D eigenvalue weighted by Crippen LogP contribution is 1.79. The van der Waals surface area contributed by atoms with Gasteiger partial charge in [0.05, 0.1) is 25.7 Å². The zero-order valence-electron chi connectivity index (χ0n) is 6.45. The Morgan fingerprint density at radius 3 is 1.82 bits per heavy atom. The molecule has 0 aromatic carbocycles. The van der Waals surface area contributed by atoms with E-state index >= 15 is 0 Å². The van der Waals surface area contributed by atoms with Gasteiger partial charge in [0, 0.05) is 13.1 Å². The maximum absolute atomic E-state index is 5.01. The molecule has 3 nitrogen and oxygen atoms in total. The highest BCUT2D eigenvalue weighted by atomic mass is 16.5. The van der Waals surface area contributed by atoms with Crippen molar-refractivity contribution in [3.05, 3.63) is 24.7 Å². The molecule has 62 valence electrons. The van der Waals surface area contributed by atoms with Gasteiger partial charge in [0.15, 0.2) is 0 Å². The van der Waals surface area contributed by atoms with E-state index in [1.165, 1.54) is 0 Å². The van der Waals surface area contributed by atoms with Crippen LogP contribution in [0.25, 0.3) is 0 Å². The van der Waals surface area contributed by atoms with Crippen molar-refractivity contribution in [3.8, 4) is 0 Å². The summed E-state index contributed by atoms with van der Waals surface area (Å²) in [7, 11) is 0. The average molecular weight is 155 g/mol. The van der Waals surface area contributed by atoms with Gasteiger partial charge >= 0.3 is 0 Å². The number of furan rings is 1. The smallest absolute Gasteiger partial charge is 0.0902 e. The first-order valence-electron chi connectivity index (χ1n) is 3.76. The quantitative estimate of drug-likeness (QED) is 0.604. The van der Waals surface area contributed by atoms with Crippen molar-refractivity contribution in [1.82, 2.24) is 5.32 Å². The van der Waals surface area contributed by atoms with Gasteiger partial charge in [0.1, 0.15) is 0 Å². The summed E-state index contributed by atoms with van der Waals surface area (Å²) in [6.07, 6.45) is 3.25. The van der Waals surface area contributed by atoms with Crippen LogP contribution in [0.5, 0.6) is 0 Å². The molecule has 2 rings (SSSR count). The number of rotatable bonds is 0. The minimum atomic E-state index is 0.889. The molecule has 1 aliphatic rings. The minimum absolute atomic E-state index is 0.889. The summed E-state index contributed by atoms with van der Waals surface area (Å²) in [6, 6.07) is 3.67. The Morgan fingerprint density at radius 2 is 1.64 bits per heavy atom. The van der Waals surface area contributed by atoms with E-state index in [4.69, 9.17) is 4.74 Å². The molecule has 1 aromatic heterocycles. The van der Waals surface area contributed by atoms with E-state index < -0.39 is 0 Å². The molecule has 0 bridgehead atoms. The third-order valence-electron chi connectivity index (χ3n) is 1.27. The molecule has 0 aliphatic carbocycles. The first-order valence-corrected chi connectivity index (χ1v) is 3.76. The topological polar surface area (TPSA) is 34.4 Å². The van der Waals surface area contributed by atoms with Crippen LogP contribution >= 0.6 is 0 Å². The lowest BCUT2D eigenvalue weighted by molar-refractivity contribution is 0.109. The van der Waals surface area contributed by atoms with Crippen LogP contribution in [0.4, 0.5) is 0 Å². The summed E-state index contributed by atoms with van der Waals surface area (Å²) in [6.45, 7) is 3.83. The zero-order chi connectivity index (χ0) is 7.78. The van der Waals surface area contributed by atoms with Crippen LogP contribution in [0.2, 0.25) is 0 Å². The maximum Gasteiger partial charge on any atom is 0.0902 e. The molecule has 0 saturated carbocycles. The summed E-state index contributed by atoms with van der Waals surface area (Å²) in [5.74, 6) is 0. The van der Waals surface area contributed by atoms with Gasteiger partial charge < -0.3 is 14.5 Å². The van der Waals surface area contributed by atoms with Crippen LogP contribution in [0, 0.1) is 0 Å². The fourth-order valence-corrected chi connectivity index (χ4v) is 0.743. The fourth-order valence-electron chi connectivity index (χ4n) is 0.743. The molecular weight excluding hydrogens is 142 g/mol. The van der Waals surface area contributed by atoms with E-state index in [9.17, 15) is 0 Å². The summed E-state index contributed by atoms with van der Waals surface area (Å²) in [4.78, 5) is 0. The van der Waals surface area contributed by atoms with Crippen molar-refractivity contribution >= 4 is 0 Å². The first kappa shape index (κ1) is 8.30. The van der Waals surface area contributed by atoms with Crippen molar-refractivity contribution in [1.29, 1.82) is 0 Å². The summed E-state index contributed by atoms with van der Waals surface area (Å²) in [5, 5.41) is 3.16. The van der Waals surface area contributed by atoms with Gasteiger partial charge in [0.2, 0.25) is 0 Å². The van der Waals surface area contributed by atoms with Crippen LogP contribution in [0.3, 0.4) is 0 Å². The predicted octanol–water partition coefficient (Wildman–Crippen LogP) is 0.886. The molecule has 0 radical (unpaired) electrons.